The van der Waals surface area contributed by atoms with Gasteiger partial charge in [-0.3, -0.25) is 24.0 Å². The van der Waals surface area contributed by atoms with Crippen LogP contribution in [0, 0.1) is 0 Å². The number of amides is 4. The van der Waals surface area contributed by atoms with Gasteiger partial charge in [0.2, 0.25) is 23.6 Å². The van der Waals surface area contributed by atoms with Crippen molar-refractivity contribution < 1.29 is 29.1 Å². The van der Waals surface area contributed by atoms with Gasteiger partial charge in [-0.25, -0.2) is 0 Å². The second-order valence-corrected chi connectivity index (χ2v) is 10.1. The first kappa shape index (κ1) is 31.8. The van der Waals surface area contributed by atoms with Crippen LogP contribution in [0.4, 0.5) is 5.69 Å². The quantitative estimate of drug-likeness (QED) is 0.243. The van der Waals surface area contributed by atoms with Crippen molar-refractivity contribution in [2.45, 2.75) is 57.3 Å². The highest BCUT2D eigenvalue weighted by Crippen LogP contribution is 2.21. The summed E-state index contributed by atoms with van der Waals surface area (Å²) in [5.41, 5.74) is 7.24. The molecule has 1 saturated heterocycles. The molecule has 11 nitrogen and oxygen atoms in total. The van der Waals surface area contributed by atoms with Crippen LogP contribution in [0.15, 0.2) is 72.8 Å². The molecule has 1 fully saturated rings. The van der Waals surface area contributed by atoms with Gasteiger partial charge in [0.15, 0.2) is 0 Å². The standard InChI is InChI=1S/C30H35N5O4.CH2O2/c1-19(31)27(36)34-25(17-21-9-4-3-5-10-21)30(39)35-16-8-13-26(35)29(38)32-20(2)28(37)33-24-15-14-22-11-6-7-12-23(22)18-24;2-1-3/h3-7,9-12,14-15,18-20,25-26H,8,13,16-17,31H2,1-2H3,(H,32,38)(H,33,37)(H,34,36);1H,(H,2,3)/t19-,20-,25-,26-;/m0./s1. The minimum atomic E-state index is -0.868. The first-order valence-electron chi connectivity index (χ1n) is 13.7. The molecule has 0 radical (unpaired) electrons. The molecule has 0 unspecified atom stereocenters. The van der Waals surface area contributed by atoms with Gasteiger partial charge in [-0.2, -0.15) is 0 Å². The highest BCUT2D eigenvalue weighted by atomic mass is 16.3. The summed E-state index contributed by atoms with van der Waals surface area (Å²) in [5, 5.41) is 17.3. The van der Waals surface area contributed by atoms with E-state index in [0.717, 1.165) is 16.3 Å². The number of rotatable bonds is 9. The topological polar surface area (TPSA) is 171 Å². The lowest BCUT2D eigenvalue weighted by Crippen LogP contribution is -2.57. The smallest absolute Gasteiger partial charge is 0.290 e. The minimum Gasteiger partial charge on any atom is -0.483 e. The third kappa shape index (κ3) is 8.61. The zero-order valence-electron chi connectivity index (χ0n) is 23.7. The lowest BCUT2D eigenvalue weighted by Gasteiger charge is -2.30. The number of hydrogen-bond acceptors (Lipinski definition) is 6. The Balaban J connectivity index is 0.00000155. The number of hydrogen-bond donors (Lipinski definition) is 5. The Hall–Kier alpha value is -4.77. The molecule has 4 amide bonds. The molecule has 0 bridgehead atoms. The molecule has 0 aliphatic carbocycles. The molecule has 11 heteroatoms. The van der Waals surface area contributed by atoms with Crippen LogP contribution in [0.3, 0.4) is 0 Å². The van der Waals surface area contributed by atoms with Crippen LogP contribution in [-0.2, 0) is 30.4 Å². The average molecular weight is 576 g/mol. The molecule has 4 atom stereocenters. The summed E-state index contributed by atoms with van der Waals surface area (Å²) < 4.78 is 0. The number of anilines is 1. The molecule has 1 aliphatic heterocycles. The highest BCUT2D eigenvalue weighted by molar-refractivity contribution is 6.00. The van der Waals surface area contributed by atoms with Crippen LogP contribution in [0.25, 0.3) is 10.8 Å². The Labute approximate surface area is 244 Å². The Kier molecular flexibility index (Phi) is 11.6. The number of likely N-dealkylation sites (tertiary alicyclic amines) is 1. The maximum Gasteiger partial charge on any atom is 0.290 e. The van der Waals surface area contributed by atoms with E-state index in [2.05, 4.69) is 16.0 Å². The van der Waals surface area contributed by atoms with Crippen LogP contribution in [0.2, 0.25) is 0 Å². The van der Waals surface area contributed by atoms with Gasteiger partial charge >= 0.3 is 0 Å². The largest absolute Gasteiger partial charge is 0.483 e. The lowest BCUT2D eigenvalue weighted by atomic mass is 10.0. The summed E-state index contributed by atoms with van der Waals surface area (Å²) >= 11 is 0. The van der Waals surface area contributed by atoms with Crippen molar-refractivity contribution in [1.82, 2.24) is 15.5 Å². The fraction of sp³-hybridized carbons (Fsp3) is 0.323. The Bertz CT molecular complexity index is 1400. The Morgan fingerprint density at radius 3 is 2.26 bits per heavy atom. The summed E-state index contributed by atoms with van der Waals surface area (Å²) in [6.07, 6.45) is 1.38. The summed E-state index contributed by atoms with van der Waals surface area (Å²) in [5.74, 6) is -1.55. The number of nitrogens with two attached hydrogens (primary N) is 1. The number of carboxylic acid groups (broad SMARTS) is 1. The maximum atomic E-state index is 13.6. The molecule has 6 N–H and O–H groups in total. The predicted octanol–water partition coefficient (Wildman–Crippen LogP) is 2.05. The molecule has 3 aromatic rings. The highest BCUT2D eigenvalue weighted by Gasteiger charge is 2.38. The minimum absolute atomic E-state index is 0.250. The molecule has 1 aliphatic rings. The first-order valence-corrected chi connectivity index (χ1v) is 13.7. The Morgan fingerprint density at radius 2 is 1.60 bits per heavy atom. The van der Waals surface area contributed by atoms with Crippen molar-refractivity contribution in [3.05, 3.63) is 78.4 Å². The molecule has 0 saturated carbocycles. The fourth-order valence-corrected chi connectivity index (χ4v) is 4.75. The molecule has 4 rings (SSSR count). The number of carbonyl (C=O) groups is 5. The molecular formula is C31H37N5O6. The van der Waals surface area contributed by atoms with Gasteiger partial charge in [0.05, 0.1) is 6.04 Å². The van der Waals surface area contributed by atoms with Gasteiger partial charge < -0.3 is 31.7 Å². The molecule has 0 spiro atoms. The molecule has 0 aromatic heterocycles. The van der Waals surface area contributed by atoms with Gasteiger partial charge in [-0.1, -0.05) is 60.7 Å². The number of fused-ring (bicyclic) bond motifs is 1. The van der Waals surface area contributed by atoms with Gasteiger partial charge in [0.1, 0.15) is 18.1 Å². The van der Waals surface area contributed by atoms with E-state index in [1.807, 2.05) is 72.8 Å². The SMILES string of the molecule is C[C@H](N)C(=O)N[C@@H](Cc1ccccc1)C(=O)N1CCC[C@H]1C(=O)N[C@@H](C)C(=O)Nc1ccc2ccccc2c1.O=CO. The average Bonchev–Trinajstić information content (AvgIpc) is 3.47. The van der Waals surface area contributed by atoms with Crippen molar-refractivity contribution in [1.29, 1.82) is 0 Å². The van der Waals surface area contributed by atoms with Crippen molar-refractivity contribution in [2.24, 2.45) is 5.73 Å². The van der Waals surface area contributed by atoms with E-state index in [4.69, 9.17) is 15.6 Å². The van der Waals surface area contributed by atoms with Crippen molar-refractivity contribution in [3.8, 4) is 0 Å². The second kappa shape index (κ2) is 15.3. The zero-order chi connectivity index (χ0) is 30.6. The van der Waals surface area contributed by atoms with Crippen molar-refractivity contribution in [3.63, 3.8) is 0 Å². The summed E-state index contributed by atoms with van der Waals surface area (Å²) in [4.78, 5) is 61.9. The van der Waals surface area contributed by atoms with Crippen LogP contribution in [0.5, 0.6) is 0 Å². The van der Waals surface area contributed by atoms with E-state index in [-0.39, 0.29) is 24.7 Å². The molecule has 3 aromatic carbocycles. The van der Waals surface area contributed by atoms with E-state index >= 15 is 0 Å². The van der Waals surface area contributed by atoms with E-state index in [1.54, 1.807) is 13.8 Å². The third-order valence-electron chi connectivity index (χ3n) is 6.92. The number of nitrogens with one attached hydrogen (secondary N) is 3. The zero-order valence-corrected chi connectivity index (χ0v) is 23.7. The summed E-state index contributed by atoms with van der Waals surface area (Å²) in [6, 6.07) is 19.6. The van der Waals surface area contributed by atoms with Gasteiger partial charge in [-0.05, 0) is 55.2 Å². The normalized spacial score (nSPS) is 16.3. The van der Waals surface area contributed by atoms with E-state index in [9.17, 15) is 19.2 Å². The molecular weight excluding hydrogens is 538 g/mol. The molecule has 222 valence electrons. The van der Waals surface area contributed by atoms with Gasteiger partial charge in [0.25, 0.3) is 6.47 Å². The number of carbonyl (C=O) groups excluding carboxylic acids is 4. The lowest BCUT2D eigenvalue weighted by molar-refractivity contribution is -0.142. The van der Waals surface area contributed by atoms with Crippen molar-refractivity contribution in [2.75, 3.05) is 11.9 Å². The van der Waals surface area contributed by atoms with Crippen LogP contribution >= 0.6 is 0 Å². The number of nitrogens with zero attached hydrogens (tertiary/aromatic N) is 1. The molecule has 42 heavy (non-hydrogen) atoms. The number of benzene rings is 3. The van der Waals surface area contributed by atoms with Crippen LogP contribution in [-0.4, -0.2) is 70.8 Å². The fourth-order valence-electron chi connectivity index (χ4n) is 4.75. The van der Waals surface area contributed by atoms with Crippen molar-refractivity contribution >= 4 is 46.6 Å². The van der Waals surface area contributed by atoms with E-state index < -0.39 is 36.0 Å². The Morgan fingerprint density at radius 1 is 0.952 bits per heavy atom. The second-order valence-electron chi connectivity index (χ2n) is 10.1. The van der Waals surface area contributed by atoms with Crippen LogP contribution in [0.1, 0.15) is 32.3 Å². The predicted molar refractivity (Wildman–Crippen MR) is 159 cm³/mol. The molecule has 1 heterocycles. The maximum absolute atomic E-state index is 13.6. The van der Waals surface area contributed by atoms with Gasteiger partial charge in [-0.15, -0.1) is 0 Å². The third-order valence-corrected chi connectivity index (χ3v) is 6.92. The van der Waals surface area contributed by atoms with E-state index in [0.29, 0.717) is 25.1 Å². The first-order chi connectivity index (χ1) is 20.1. The van der Waals surface area contributed by atoms with E-state index in [1.165, 1.54) is 4.90 Å². The monoisotopic (exact) mass is 575 g/mol. The van der Waals surface area contributed by atoms with Gasteiger partial charge in [0, 0.05) is 18.7 Å². The van der Waals surface area contributed by atoms with Crippen LogP contribution < -0.4 is 21.7 Å². The summed E-state index contributed by atoms with van der Waals surface area (Å²) in [7, 11) is 0. The summed E-state index contributed by atoms with van der Waals surface area (Å²) in [6.45, 7) is 3.29.